The second-order valence-corrected chi connectivity index (χ2v) is 7.45. The Hall–Kier alpha value is -0.220. The maximum atomic E-state index is 10.8. The van der Waals surface area contributed by atoms with Crippen LogP contribution in [-0.2, 0) is 25.0 Å². The topological polar surface area (TPSA) is 118 Å². The highest BCUT2D eigenvalue weighted by molar-refractivity contribution is 7.86. The van der Waals surface area contributed by atoms with E-state index >= 15 is 0 Å². The Morgan fingerprint density at radius 3 is 1.37 bits per heavy atom. The molecular formula is C10H22O7S2. The van der Waals surface area contributed by atoms with Crippen LogP contribution in [0.5, 0.6) is 0 Å². The van der Waals surface area contributed by atoms with Crippen LogP contribution in [0.15, 0.2) is 0 Å². The molecule has 0 fully saturated rings. The number of hydrogen-bond acceptors (Lipinski definition) is 5. The van der Waals surface area contributed by atoms with Gasteiger partial charge in [0.1, 0.15) is 11.5 Å². The minimum atomic E-state index is -4.19. The van der Waals surface area contributed by atoms with Gasteiger partial charge in [-0.25, -0.2) is 0 Å². The van der Waals surface area contributed by atoms with E-state index in [1.165, 1.54) is 0 Å². The van der Waals surface area contributed by atoms with Gasteiger partial charge in [0, 0.05) is 0 Å². The summed E-state index contributed by atoms with van der Waals surface area (Å²) >= 11 is 0. The van der Waals surface area contributed by atoms with Crippen LogP contribution in [0.1, 0.15) is 39.5 Å². The average Bonchev–Trinajstić information content (AvgIpc) is 2.12. The van der Waals surface area contributed by atoms with Crippen LogP contribution in [0.25, 0.3) is 0 Å². The van der Waals surface area contributed by atoms with Crippen LogP contribution < -0.4 is 0 Å². The summed E-state index contributed by atoms with van der Waals surface area (Å²) < 4.78 is 66.4. The molecule has 0 spiro atoms. The van der Waals surface area contributed by atoms with E-state index < -0.39 is 43.9 Å². The third-order valence-electron chi connectivity index (χ3n) is 2.40. The zero-order chi connectivity index (χ0) is 15.1. The standard InChI is InChI=1S/C10H22O7S2/c1-3-5-9(7-18(11,12)13)17-10(6-4-2)8-19(14,15)16/h9-10H,3-8H2,1-2H3,(H,11,12,13)(H,14,15,16). The van der Waals surface area contributed by atoms with Gasteiger partial charge in [-0.2, -0.15) is 16.8 Å². The van der Waals surface area contributed by atoms with Crippen LogP contribution in [0, 0.1) is 0 Å². The molecule has 0 aliphatic carbocycles. The number of ether oxygens (including phenoxy) is 1. The zero-order valence-electron chi connectivity index (χ0n) is 11.1. The first-order valence-corrected chi connectivity index (χ1v) is 9.35. The van der Waals surface area contributed by atoms with Crippen molar-refractivity contribution in [1.82, 2.24) is 0 Å². The normalized spacial score (nSPS) is 16.2. The summed E-state index contributed by atoms with van der Waals surface area (Å²) in [5, 5.41) is 0. The number of hydrogen-bond donors (Lipinski definition) is 2. The fourth-order valence-corrected chi connectivity index (χ4v) is 3.20. The fraction of sp³-hybridized carbons (Fsp3) is 1.00. The van der Waals surface area contributed by atoms with Crippen molar-refractivity contribution >= 4 is 20.2 Å². The second-order valence-electron chi connectivity index (χ2n) is 4.45. The first-order valence-electron chi connectivity index (χ1n) is 6.13. The van der Waals surface area contributed by atoms with Gasteiger partial charge in [-0.3, -0.25) is 9.11 Å². The molecule has 0 bridgehead atoms. The molecule has 0 amide bonds. The van der Waals surface area contributed by atoms with Crippen molar-refractivity contribution < 1.29 is 30.7 Å². The lowest BCUT2D eigenvalue weighted by atomic mass is 10.2. The molecule has 0 aliphatic rings. The van der Waals surface area contributed by atoms with Crippen molar-refractivity contribution in [2.45, 2.75) is 51.7 Å². The van der Waals surface area contributed by atoms with E-state index in [0.29, 0.717) is 25.7 Å². The summed E-state index contributed by atoms with van der Waals surface area (Å²) in [6.07, 6.45) is 0.462. The summed E-state index contributed by atoms with van der Waals surface area (Å²) in [5.74, 6) is -1.15. The first-order chi connectivity index (χ1) is 8.57. The van der Waals surface area contributed by atoms with E-state index in [4.69, 9.17) is 13.8 Å². The van der Waals surface area contributed by atoms with Gasteiger partial charge in [0.2, 0.25) is 0 Å². The Kier molecular flexibility index (Phi) is 8.06. The predicted octanol–water partition coefficient (Wildman–Crippen LogP) is 1.12. The third-order valence-corrected chi connectivity index (χ3v) is 3.99. The molecule has 0 heterocycles. The Morgan fingerprint density at radius 2 is 1.16 bits per heavy atom. The van der Waals surface area contributed by atoms with E-state index in [-0.39, 0.29) is 0 Å². The van der Waals surface area contributed by atoms with Crippen molar-refractivity contribution in [3.05, 3.63) is 0 Å². The van der Waals surface area contributed by atoms with Gasteiger partial charge in [0.25, 0.3) is 20.2 Å². The van der Waals surface area contributed by atoms with Crippen molar-refractivity contribution in [3.63, 3.8) is 0 Å². The fourth-order valence-electron chi connectivity index (χ4n) is 1.77. The molecule has 7 nitrogen and oxygen atoms in total. The molecule has 0 radical (unpaired) electrons. The van der Waals surface area contributed by atoms with Crippen LogP contribution >= 0.6 is 0 Å². The Labute approximate surface area is 114 Å². The molecule has 0 aromatic heterocycles. The number of rotatable bonds is 10. The minimum Gasteiger partial charge on any atom is -0.373 e. The molecule has 116 valence electrons. The van der Waals surface area contributed by atoms with Gasteiger partial charge in [-0.15, -0.1) is 0 Å². The predicted molar refractivity (Wildman–Crippen MR) is 71.3 cm³/mol. The van der Waals surface area contributed by atoms with Gasteiger partial charge < -0.3 is 4.74 Å². The summed E-state index contributed by atoms with van der Waals surface area (Å²) in [6.45, 7) is 3.63. The van der Waals surface area contributed by atoms with Gasteiger partial charge in [0.15, 0.2) is 0 Å². The van der Waals surface area contributed by atoms with Crippen molar-refractivity contribution in [2.75, 3.05) is 11.5 Å². The lowest BCUT2D eigenvalue weighted by molar-refractivity contribution is 0.00187. The molecule has 0 saturated carbocycles. The smallest absolute Gasteiger partial charge is 0.267 e. The Morgan fingerprint density at radius 1 is 0.842 bits per heavy atom. The van der Waals surface area contributed by atoms with E-state index in [0.717, 1.165) is 0 Å². The molecule has 0 saturated heterocycles. The lowest BCUT2D eigenvalue weighted by Gasteiger charge is -2.23. The maximum absolute atomic E-state index is 10.8. The second kappa shape index (κ2) is 8.15. The lowest BCUT2D eigenvalue weighted by Crippen LogP contribution is -2.32. The highest BCUT2D eigenvalue weighted by Crippen LogP contribution is 2.13. The molecule has 0 aromatic carbocycles. The van der Waals surface area contributed by atoms with Gasteiger partial charge >= 0.3 is 0 Å². The van der Waals surface area contributed by atoms with E-state index in [9.17, 15) is 16.8 Å². The van der Waals surface area contributed by atoms with E-state index in [2.05, 4.69) is 0 Å². The molecule has 2 N–H and O–H groups in total. The van der Waals surface area contributed by atoms with Crippen molar-refractivity contribution in [3.8, 4) is 0 Å². The van der Waals surface area contributed by atoms with Crippen molar-refractivity contribution in [2.24, 2.45) is 0 Å². The average molecular weight is 318 g/mol. The van der Waals surface area contributed by atoms with Crippen LogP contribution in [0.2, 0.25) is 0 Å². The Balaban J connectivity index is 4.73. The molecule has 0 rings (SSSR count). The van der Waals surface area contributed by atoms with Crippen LogP contribution in [0.4, 0.5) is 0 Å². The van der Waals surface area contributed by atoms with Crippen molar-refractivity contribution in [1.29, 1.82) is 0 Å². The Bertz CT molecular complexity index is 398. The minimum absolute atomic E-state index is 0.380. The summed E-state index contributed by atoms with van der Waals surface area (Å²) in [5.41, 5.74) is 0. The van der Waals surface area contributed by atoms with E-state index in [1.54, 1.807) is 0 Å². The molecule has 19 heavy (non-hydrogen) atoms. The SMILES string of the molecule is CCCC(CS(=O)(=O)O)OC(CCC)CS(=O)(=O)O. The molecule has 0 aromatic rings. The molecule has 9 heteroatoms. The molecular weight excluding hydrogens is 296 g/mol. The maximum Gasteiger partial charge on any atom is 0.267 e. The van der Waals surface area contributed by atoms with Crippen LogP contribution in [0.3, 0.4) is 0 Å². The summed E-state index contributed by atoms with van der Waals surface area (Å²) in [6, 6.07) is 0. The quantitative estimate of drug-likeness (QED) is 0.579. The summed E-state index contributed by atoms with van der Waals surface area (Å²) in [7, 11) is -8.37. The third kappa shape index (κ3) is 11.3. The van der Waals surface area contributed by atoms with E-state index in [1.807, 2.05) is 13.8 Å². The van der Waals surface area contributed by atoms with Gasteiger partial charge in [0.05, 0.1) is 12.2 Å². The highest BCUT2D eigenvalue weighted by atomic mass is 32.2. The van der Waals surface area contributed by atoms with Crippen LogP contribution in [-0.4, -0.2) is 49.7 Å². The molecule has 0 aliphatic heterocycles. The van der Waals surface area contributed by atoms with Gasteiger partial charge in [-0.05, 0) is 12.8 Å². The zero-order valence-corrected chi connectivity index (χ0v) is 12.8. The highest BCUT2D eigenvalue weighted by Gasteiger charge is 2.24. The molecule has 2 atom stereocenters. The summed E-state index contributed by atoms with van der Waals surface area (Å²) in [4.78, 5) is 0. The van der Waals surface area contributed by atoms with Gasteiger partial charge in [-0.1, -0.05) is 26.7 Å². The first kappa shape index (κ1) is 18.8. The monoisotopic (exact) mass is 318 g/mol. The largest absolute Gasteiger partial charge is 0.373 e. The molecule has 2 unspecified atom stereocenters.